The number of benzene rings is 1. The Morgan fingerprint density at radius 2 is 1.80 bits per heavy atom. The lowest BCUT2D eigenvalue weighted by Crippen LogP contribution is -2.16. The van der Waals surface area contributed by atoms with Gasteiger partial charge in [-0.3, -0.25) is 0 Å². The molecule has 0 unspecified atom stereocenters. The Hall–Kier alpha value is -3.22. The number of nitrogens with zero attached hydrogens (tertiary/aromatic N) is 1. The first kappa shape index (κ1) is 15.3. The molecule has 4 nitrogen and oxygen atoms in total. The summed E-state index contributed by atoms with van der Waals surface area (Å²) in [7, 11) is 0. The summed E-state index contributed by atoms with van der Waals surface area (Å²) in [5.41, 5.74) is 4.10. The monoisotopic (exact) mass is 344 g/mol. The maximum atomic E-state index is 12.2. The highest BCUT2D eigenvalue weighted by atomic mass is 19.4. The largest absolute Gasteiger partial charge is 0.573 e. The number of hydrogen-bond acceptors (Lipinski definition) is 3. The maximum absolute atomic E-state index is 12.2. The van der Waals surface area contributed by atoms with E-state index in [4.69, 9.17) is 4.42 Å². The lowest BCUT2D eigenvalue weighted by atomic mass is 10.0. The summed E-state index contributed by atoms with van der Waals surface area (Å²) < 4.78 is 45.7. The van der Waals surface area contributed by atoms with Crippen molar-refractivity contribution in [1.29, 1.82) is 0 Å². The molecule has 126 valence electrons. The van der Waals surface area contributed by atoms with Crippen LogP contribution in [0.25, 0.3) is 33.3 Å². The van der Waals surface area contributed by atoms with Crippen molar-refractivity contribution in [3.63, 3.8) is 0 Å². The van der Waals surface area contributed by atoms with Gasteiger partial charge >= 0.3 is 6.36 Å². The summed E-state index contributed by atoms with van der Waals surface area (Å²) in [6.45, 7) is 0. The molecule has 4 rings (SSSR count). The zero-order chi connectivity index (χ0) is 17.4. The van der Waals surface area contributed by atoms with Gasteiger partial charge in [-0.15, -0.1) is 13.2 Å². The van der Waals surface area contributed by atoms with Gasteiger partial charge in [-0.25, -0.2) is 4.98 Å². The van der Waals surface area contributed by atoms with Crippen LogP contribution in [0.3, 0.4) is 0 Å². The number of aromatic nitrogens is 2. The topological polar surface area (TPSA) is 51.0 Å². The molecule has 1 aromatic carbocycles. The second kappa shape index (κ2) is 5.70. The molecule has 7 heteroatoms. The number of nitrogens with one attached hydrogen (secondary N) is 1. The van der Waals surface area contributed by atoms with Gasteiger partial charge < -0.3 is 14.1 Å². The molecule has 4 aromatic rings. The summed E-state index contributed by atoms with van der Waals surface area (Å²) >= 11 is 0. The van der Waals surface area contributed by atoms with E-state index in [2.05, 4.69) is 14.7 Å². The van der Waals surface area contributed by atoms with Crippen LogP contribution in [0.5, 0.6) is 5.75 Å². The normalized spacial score (nSPS) is 11.8. The molecule has 0 saturated heterocycles. The van der Waals surface area contributed by atoms with Gasteiger partial charge in [0.2, 0.25) is 0 Å². The Bertz CT molecular complexity index is 1000. The van der Waals surface area contributed by atoms with E-state index < -0.39 is 6.36 Å². The van der Waals surface area contributed by atoms with E-state index in [0.717, 1.165) is 33.3 Å². The minimum absolute atomic E-state index is 0.258. The van der Waals surface area contributed by atoms with Gasteiger partial charge in [-0.1, -0.05) is 12.1 Å². The number of fused-ring (bicyclic) bond motifs is 1. The molecule has 0 aliphatic carbocycles. The maximum Gasteiger partial charge on any atom is 0.573 e. The quantitative estimate of drug-likeness (QED) is 0.542. The van der Waals surface area contributed by atoms with Gasteiger partial charge in [0.1, 0.15) is 11.4 Å². The highest BCUT2D eigenvalue weighted by Gasteiger charge is 2.30. The Labute approximate surface area is 139 Å². The molecule has 3 aromatic heterocycles. The number of H-pyrrole nitrogens is 1. The van der Waals surface area contributed by atoms with Crippen molar-refractivity contribution >= 4 is 11.0 Å². The summed E-state index contributed by atoms with van der Waals surface area (Å²) in [5, 5.41) is 0.898. The van der Waals surface area contributed by atoms with E-state index >= 15 is 0 Å². The van der Waals surface area contributed by atoms with E-state index in [0.29, 0.717) is 0 Å². The number of halogens is 3. The molecule has 0 fully saturated rings. The minimum atomic E-state index is -4.70. The van der Waals surface area contributed by atoms with Gasteiger partial charge in [0.05, 0.1) is 12.5 Å². The van der Waals surface area contributed by atoms with E-state index in [1.807, 2.05) is 18.3 Å². The van der Waals surface area contributed by atoms with Crippen LogP contribution in [-0.2, 0) is 0 Å². The summed E-state index contributed by atoms with van der Waals surface area (Å²) in [5.74, 6) is -0.258. The van der Waals surface area contributed by atoms with Gasteiger partial charge in [-0.05, 0) is 29.8 Å². The molecule has 0 amide bonds. The average Bonchev–Trinajstić information content (AvgIpc) is 3.22. The number of aromatic amines is 1. The van der Waals surface area contributed by atoms with Gasteiger partial charge in [0, 0.05) is 34.5 Å². The standard InChI is InChI=1S/C18H11F3N2O2/c19-18(20,21)25-14-3-1-11(2-4-14)13-7-15-16(12-5-6-24-10-12)9-23-17(15)22-8-13/h1-10H,(H,22,23). The number of alkyl halides is 3. The first-order valence-corrected chi connectivity index (χ1v) is 7.35. The molecule has 0 spiro atoms. The molecule has 0 atom stereocenters. The van der Waals surface area contributed by atoms with Crippen molar-refractivity contribution in [3.8, 4) is 28.0 Å². The van der Waals surface area contributed by atoms with Crippen LogP contribution in [0.4, 0.5) is 13.2 Å². The van der Waals surface area contributed by atoms with Gasteiger partial charge in [0.25, 0.3) is 0 Å². The summed E-state index contributed by atoms with van der Waals surface area (Å²) in [4.78, 5) is 7.46. The molecular weight excluding hydrogens is 333 g/mol. The molecule has 1 N–H and O–H groups in total. The van der Waals surface area contributed by atoms with Gasteiger partial charge in [0.15, 0.2) is 0 Å². The zero-order valence-corrected chi connectivity index (χ0v) is 12.7. The van der Waals surface area contributed by atoms with Crippen LogP contribution >= 0.6 is 0 Å². The summed E-state index contributed by atoms with van der Waals surface area (Å²) in [6, 6.07) is 9.46. The third-order valence-corrected chi connectivity index (χ3v) is 3.78. The van der Waals surface area contributed by atoms with Crippen molar-refractivity contribution < 1.29 is 22.3 Å². The second-order valence-corrected chi connectivity index (χ2v) is 5.41. The highest BCUT2D eigenvalue weighted by Crippen LogP contribution is 2.32. The lowest BCUT2D eigenvalue weighted by molar-refractivity contribution is -0.274. The molecule has 0 bridgehead atoms. The van der Waals surface area contributed by atoms with Crippen molar-refractivity contribution in [2.24, 2.45) is 0 Å². The Morgan fingerprint density at radius 1 is 1.00 bits per heavy atom. The van der Waals surface area contributed by atoms with Crippen LogP contribution in [-0.4, -0.2) is 16.3 Å². The number of hydrogen-bond donors (Lipinski definition) is 1. The minimum Gasteiger partial charge on any atom is -0.472 e. The second-order valence-electron chi connectivity index (χ2n) is 5.41. The van der Waals surface area contributed by atoms with Crippen LogP contribution < -0.4 is 4.74 Å². The van der Waals surface area contributed by atoms with Crippen LogP contribution in [0.2, 0.25) is 0 Å². The Kier molecular flexibility index (Phi) is 3.49. The first-order chi connectivity index (χ1) is 12.0. The van der Waals surface area contributed by atoms with Crippen molar-refractivity contribution in [1.82, 2.24) is 9.97 Å². The summed E-state index contributed by atoms with van der Waals surface area (Å²) in [6.07, 6.45) is 2.03. The third kappa shape index (κ3) is 3.08. The van der Waals surface area contributed by atoms with E-state index in [1.54, 1.807) is 30.9 Å². The fourth-order valence-corrected chi connectivity index (χ4v) is 2.67. The smallest absolute Gasteiger partial charge is 0.472 e. The van der Waals surface area contributed by atoms with E-state index in [1.165, 1.54) is 12.1 Å². The predicted octanol–water partition coefficient (Wildman–Crippen LogP) is 5.39. The number of rotatable bonds is 3. The number of ether oxygens (including phenoxy) is 1. The predicted molar refractivity (Wildman–Crippen MR) is 85.9 cm³/mol. The van der Waals surface area contributed by atoms with E-state index in [9.17, 15) is 13.2 Å². The Balaban J connectivity index is 1.71. The molecule has 3 heterocycles. The molecular formula is C18H11F3N2O2. The van der Waals surface area contributed by atoms with Gasteiger partial charge in [-0.2, -0.15) is 0 Å². The zero-order valence-electron chi connectivity index (χ0n) is 12.7. The van der Waals surface area contributed by atoms with Crippen LogP contribution in [0, 0.1) is 0 Å². The highest BCUT2D eigenvalue weighted by molar-refractivity contribution is 5.95. The molecule has 0 aliphatic rings. The molecule has 0 aliphatic heterocycles. The fraction of sp³-hybridized carbons (Fsp3) is 0.0556. The van der Waals surface area contributed by atoms with E-state index in [-0.39, 0.29) is 5.75 Å². The van der Waals surface area contributed by atoms with Crippen LogP contribution in [0.15, 0.2) is 65.7 Å². The average molecular weight is 344 g/mol. The van der Waals surface area contributed by atoms with Crippen molar-refractivity contribution in [2.75, 3.05) is 0 Å². The first-order valence-electron chi connectivity index (χ1n) is 7.35. The van der Waals surface area contributed by atoms with Crippen molar-refractivity contribution in [2.45, 2.75) is 6.36 Å². The lowest BCUT2D eigenvalue weighted by Gasteiger charge is -2.09. The Morgan fingerprint density at radius 3 is 2.48 bits per heavy atom. The molecule has 0 radical (unpaired) electrons. The third-order valence-electron chi connectivity index (χ3n) is 3.78. The number of furan rings is 1. The number of pyridine rings is 1. The van der Waals surface area contributed by atoms with Crippen LogP contribution in [0.1, 0.15) is 0 Å². The fourth-order valence-electron chi connectivity index (χ4n) is 2.67. The SMILES string of the molecule is FC(F)(F)Oc1ccc(-c2cnc3[nH]cc(-c4ccoc4)c3c2)cc1. The molecule has 25 heavy (non-hydrogen) atoms. The molecule has 0 saturated carbocycles. The van der Waals surface area contributed by atoms with Crippen molar-refractivity contribution in [3.05, 3.63) is 61.3 Å².